The second-order valence-corrected chi connectivity index (χ2v) is 4.83. The summed E-state index contributed by atoms with van der Waals surface area (Å²) in [6.07, 6.45) is 0.912. The first kappa shape index (κ1) is 13.0. The van der Waals surface area contributed by atoms with Gasteiger partial charge in [-0.05, 0) is 37.0 Å². The van der Waals surface area contributed by atoms with Crippen molar-refractivity contribution in [2.24, 2.45) is 5.73 Å². The van der Waals surface area contributed by atoms with E-state index < -0.39 is 0 Å². The SMILES string of the molecule is CCC(C)(CN)Oc1ccc(C(C)C)cc1. The summed E-state index contributed by atoms with van der Waals surface area (Å²) < 4.78 is 5.91. The van der Waals surface area contributed by atoms with Gasteiger partial charge in [-0.15, -0.1) is 0 Å². The molecule has 0 bridgehead atoms. The fourth-order valence-electron chi connectivity index (χ4n) is 1.46. The van der Waals surface area contributed by atoms with E-state index in [4.69, 9.17) is 10.5 Å². The van der Waals surface area contributed by atoms with Crippen molar-refractivity contribution in [1.29, 1.82) is 0 Å². The highest BCUT2D eigenvalue weighted by Gasteiger charge is 2.21. The van der Waals surface area contributed by atoms with Crippen LogP contribution in [0.5, 0.6) is 5.75 Å². The van der Waals surface area contributed by atoms with Crippen LogP contribution in [0.2, 0.25) is 0 Å². The largest absolute Gasteiger partial charge is 0.486 e. The number of hydrogen-bond acceptors (Lipinski definition) is 2. The number of ether oxygens (including phenoxy) is 1. The molecule has 1 unspecified atom stereocenters. The van der Waals surface area contributed by atoms with Gasteiger partial charge in [0.25, 0.3) is 0 Å². The second kappa shape index (κ2) is 5.35. The van der Waals surface area contributed by atoms with Crippen LogP contribution in [-0.4, -0.2) is 12.1 Å². The molecule has 0 aliphatic heterocycles. The number of rotatable bonds is 5. The third-order valence-electron chi connectivity index (χ3n) is 3.09. The lowest BCUT2D eigenvalue weighted by Gasteiger charge is -2.28. The van der Waals surface area contributed by atoms with Crippen molar-refractivity contribution in [2.75, 3.05) is 6.54 Å². The molecule has 0 saturated carbocycles. The molecule has 0 spiro atoms. The maximum absolute atomic E-state index is 5.91. The quantitative estimate of drug-likeness (QED) is 0.828. The Morgan fingerprint density at radius 1 is 1.25 bits per heavy atom. The van der Waals surface area contributed by atoms with Gasteiger partial charge in [0.1, 0.15) is 11.4 Å². The van der Waals surface area contributed by atoms with E-state index in [1.165, 1.54) is 5.56 Å². The topological polar surface area (TPSA) is 35.2 Å². The molecule has 2 N–H and O–H groups in total. The minimum atomic E-state index is -0.251. The van der Waals surface area contributed by atoms with Crippen LogP contribution in [0, 0.1) is 0 Å². The van der Waals surface area contributed by atoms with Gasteiger partial charge in [0.2, 0.25) is 0 Å². The first-order valence-corrected chi connectivity index (χ1v) is 6.00. The molecule has 90 valence electrons. The van der Waals surface area contributed by atoms with Crippen molar-refractivity contribution in [1.82, 2.24) is 0 Å². The summed E-state index contributed by atoms with van der Waals surface area (Å²) in [6, 6.07) is 8.29. The van der Waals surface area contributed by atoms with Crippen molar-refractivity contribution in [3.05, 3.63) is 29.8 Å². The molecule has 1 aromatic carbocycles. The molecule has 16 heavy (non-hydrogen) atoms. The maximum Gasteiger partial charge on any atom is 0.120 e. The highest BCUT2D eigenvalue weighted by Crippen LogP contribution is 2.23. The van der Waals surface area contributed by atoms with Gasteiger partial charge in [0.05, 0.1) is 0 Å². The molecule has 0 fully saturated rings. The Bertz CT molecular complexity index is 312. The molecule has 2 nitrogen and oxygen atoms in total. The average molecular weight is 221 g/mol. The van der Waals surface area contributed by atoms with Crippen molar-refractivity contribution in [3.8, 4) is 5.75 Å². The number of hydrogen-bond donors (Lipinski definition) is 1. The molecule has 0 heterocycles. The zero-order valence-corrected chi connectivity index (χ0v) is 10.8. The number of nitrogens with two attached hydrogens (primary N) is 1. The van der Waals surface area contributed by atoms with Crippen LogP contribution in [0.15, 0.2) is 24.3 Å². The maximum atomic E-state index is 5.91. The molecular weight excluding hydrogens is 198 g/mol. The fourth-order valence-corrected chi connectivity index (χ4v) is 1.46. The fraction of sp³-hybridized carbons (Fsp3) is 0.571. The van der Waals surface area contributed by atoms with Crippen molar-refractivity contribution in [2.45, 2.75) is 45.6 Å². The monoisotopic (exact) mass is 221 g/mol. The van der Waals surface area contributed by atoms with E-state index in [0.717, 1.165) is 12.2 Å². The van der Waals surface area contributed by atoms with Crippen molar-refractivity contribution in [3.63, 3.8) is 0 Å². The van der Waals surface area contributed by atoms with E-state index in [2.05, 4.69) is 32.9 Å². The minimum absolute atomic E-state index is 0.251. The Kier molecular flexibility index (Phi) is 4.36. The summed E-state index contributed by atoms with van der Waals surface area (Å²) in [5.41, 5.74) is 6.80. The lowest BCUT2D eigenvalue weighted by molar-refractivity contribution is 0.0935. The van der Waals surface area contributed by atoms with Crippen LogP contribution in [0.25, 0.3) is 0 Å². The molecule has 0 aromatic heterocycles. The van der Waals surface area contributed by atoms with Gasteiger partial charge in [-0.2, -0.15) is 0 Å². The molecular formula is C14H23NO. The standard InChI is InChI=1S/C14H23NO/c1-5-14(4,10-15)16-13-8-6-12(7-9-13)11(2)3/h6-9,11H,5,10,15H2,1-4H3. The first-order chi connectivity index (χ1) is 7.50. The third kappa shape index (κ3) is 3.24. The van der Waals surface area contributed by atoms with Gasteiger partial charge in [-0.1, -0.05) is 32.9 Å². The zero-order chi connectivity index (χ0) is 12.2. The normalized spacial score (nSPS) is 14.9. The van der Waals surface area contributed by atoms with E-state index in [-0.39, 0.29) is 5.60 Å². The molecule has 0 amide bonds. The van der Waals surface area contributed by atoms with Crippen LogP contribution in [0.1, 0.15) is 45.6 Å². The van der Waals surface area contributed by atoms with Gasteiger partial charge in [-0.3, -0.25) is 0 Å². The van der Waals surface area contributed by atoms with Gasteiger partial charge in [-0.25, -0.2) is 0 Å². The average Bonchev–Trinajstić information content (AvgIpc) is 2.29. The van der Waals surface area contributed by atoms with Gasteiger partial charge >= 0.3 is 0 Å². The lowest BCUT2D eigenvalue weighted by atomic mass is 10.0. The molecule has 0 radical (unpaired) electrons. The molecule has 0 aliphatic rings. The predicted molar refractivity (Wildman–Crippen MR) is 68.9 cm³/mol. The Labute approximate surface area is 98.8 Å². The van der Waals surface area contributed by atoms with Crippen LogP contribution in [0.4, 0.5) is 0 Å². The second-order valence-electron chi connectivity index (χ2n) is 4.83. The van der Waals surface area contributed by atoms with Crippen molar-refractivity contribution < 1.29 is 4.74 Å². The van der Waals surface area contributed by atoms with Crippen LogP contribution >= 0.6 is 0 Å². The van der Waals surface area contributed by atoms with Crippen LogP contribution in [-0.2, 0) is 0 Å². The van der Waals surface area contributed by atoms with Crippen LogP contribution in [0.3, 0.4) is 0 Å². The van der Waals surface area contributed by atoms with Gasteiger partial charge in [0.15, 0.2) is 0 Å². The molecule has 2 heteroatoms. The first-order valence-electron chi connectivity index (χ1n) is 6.00. The third-order valence-corrected chi connectivity index (χ3v) is 3.09. The predicted octanol–water partition coefficient (Wildman–Crippen LogP) is 3.32. The summed E-state index contributed by atoms with van der Waals surface area (Å²) in [7, 11) is 0. The smallest absolute Gasteiger partial charge is 0.120 e. The van der Waals surface area contributed by atoms with Gasteiger partial charge < -0.3 is 10.5 Å². The summed E-state index contributed by atoms with van der Waals surface area (Å²) >= 11 is 0. The molecule has 0 aliphatic carbocycles. The van der Waals surface area contributed by atoms with E-state index in [1.807, 2.05) is 19.1 Å². The Hall–Kier alpha value is -1.02. The highest BCUT2D eigenvalue weighted by molar-refractivity contribution is 5.29. The summed E-state index contributed by atoms with van der Waals surface area (Å²) in [5.74, 6) is 1.46. The molecule has 0 saturated heterocycles. The van der Waals surface area contributed by atoms with Gasteiger partial charge in [0, 0.05) is 6.54 Å². The molecule has 1 atom stereocenters. The van der Waals surface area contributed by atoms with E-state index in [9.17, 15) is 0 Å². The van der Waals surface area contributed by atoms with E-state index >= 15 is 0 Å². The lowest BCUT2D eigenvalue weighted by Crippen LogP contribution is -2.39. The Balaban J connectivity index is 2.75. The van der Waals surface area contributed by atoms with E-state index in [1.54, 1.807) is 0 Å². The van der Waals surface area contributed by atoms with E-state index in [0.29, 0.717) is 12.5 Å². The summed E-state index contributed by atoms with van der Waals surface area (Å²) in [5, 5.41) is 0. The van der Waals surface area contributed by atoms with Crippen molar-refractivity contribution >= 4 is 0 Å². The Morgan fingerprint density at radius 2 is 1.81 bits per heavy atom. The zero-order valence-electron chi connectivity index (χ0n) is 10.8. The molecule has 1 rings (SSSR count). The Morgan fingerprint density at radius 3 is 2.19 bits per heavy atom. The van der Waals surface area contributed by atoms with Crippen LogP contribution < -0.4 is 10.5 Å². The minimum Gasteiger partial charge on any atom is -0.486 e. The number of benzene rings is 1. The molecule has 1 aromatic rings. The summed E-state index contributed by atoms with van der Waals surface area (Å²) in [4.78, 5) is 0. The highest BCUT2D eigenvalue weighted by atomic mass is 16.5. The summed E-state index contributed by atoms with van der Waals surface area (Å²) in [6.45, 7) is 9.05.